The Labute approximate surface area is 187 Å². The number of carbonyl (C=O) groups is 1. The minimum absolute atomic E-state index is 0.114. The molecule has 8 heteroatoms. The molecule has 170 valence electrons. The minimum atomic E-state index is -0.520. The molecule has 0 saturated carbocycles. The second kappa shape index (κ2) is 8.33. The van der Waals surface area contributed by atoms with E-state index in [2.05, 4.69) is 4.98 Å². The largest absolute Gasteiger partial charge is 0.496 e. The van der Waals surface area contributed by atoms with E-state index in [4.69, 9.17) is 14.6 Å². The van der Waals surface area contributed by atoms with Gasteiger partial charge in [0.05, 0.1) is 24.1 Å². The molecule has 0 bridgehead atoms. The zero-order valence-electron chi connectivity index (χ0n) is 19.3. The topological polar surface area (TPSA) is 88.9 Å². The number of carbonyl (C=O) groups excluding carboxylic acids is 1. The molecular weight excluding hydrogens is 408 g/mol. The number of likely N-dealkylation sites (tertiary alicyclic amines) is 1. The van der Waals surface area contributed by atoms with Crippen LogP contribution in [0.4, 0.5) is 4.79 Å². The van der Waals surface area contributed by atoms with Crippen molar-refractivity contribution in [2.75, 3.05) is 20.2 Å². The van der Waals surface area contributed by atoms with Gasteiger partial charge in [-0.25, -0.2) is 9.31 Å². The van der Waals surface area contributed by atoms with Crippen molar-refractivity contribution in [2.24, 2.45) is 0 Å². The van der Waals surface area contributed by atoms with Crippen molar-refractivity contribution >= 4 is 11.7 Å². The molecule has 1 N–H and O–H groups in total. The third-order valence-electron chi connectivity index (χ3n) is 5.77. The van der Waals surface area contributed by atoms with Gasteiger partial charge in [-0.2, -0.15) is 5.10 Å². The molecule has 1 amide bonds. The van der Waals surface area contributed by atoms with Crippen LogP contribution in [0.2, 0.25) is 0 Å². The van der Waals surface area contributed by atoms with Crippen molar-refractivity contribution in [3.8, 4) is 16.9 Å². The second-order valence-electron chi connectivity index (χ2n) is 9.22. The first-order chi connectivity index (χ1) is 15.2. The van der Waals surface area contributed by atoms with E-state index in [-0.39, 0.29) is 17.6 Å². The zero-order chi connectivity index (χ0) is 23.0. The van der Waals surface area contributed by atoms with Gasteiger partial charge in [-0.1, -0.05) is 18.2 Å². The van der Waals surface area contributed by atoms with E-state index in [1.165, 1.54) is 0 Å². The average Bonchev–Trinajstić information content (AvgIpc) is 3.07. The number of benzene rings is 1. The molecule has 3 heterocycles. The first kappa shape index (κ1) is 21.9. The molecular formula is C24H30N4O4. The van der Waals surface area contributed by atoms with Gasteiger partial charge in [0.2, 0.25) is 0 Å². The molecule has 0 aliphatic carbocycles. The van der Waals surface area contributed by atoms with Crippen LogP contribution in [-0.4, -0.2) is 51.4 Å². The number of H-pyrrole nitrogens is 1. The summed E-state index contributed by atoms with van der Waals surface area (Å²) in [5.74, 6) is 0.839. The molecule has 1 aliphatic heterocycles. The Balaban J connectivity index is 1.67. The molecule has 4 rings (SSSR count). The molecule has 3 aromatic rings. The van der Waals surface area contributed by atoms with Crippen LogP contribution in [0.5, 0.6) is 5.75 Å². The SMILES string of the molecule is COc1ccccc1-c1c(C)nn2c(C3CCN(C(=O)OC(C)(C)C)CC3)cc(=O)[nH]c12. The lowest BCUT2D eigenvalue weighted by atomic mass is 9.93. The van der Waals surface area contributed by atoms with Crippen LogP contribution in [0.25, 0.3) is 16.8 Å². The second-order valence-corrected chi connectivity index (χ2v) is 9.22. The number of hydrogen-bond acceptors (Lipinski definition) is 5. The molecule has 1 aromatic carbocycles. The maximum Gasteiger partial charge on any atom is 0.410 e. The molecule has 1 aliphatic rings. The van der Waals surface area contributed by atoms with Crippen LogP contribution in [0.3, 0.4) is 0 Å². The lowest BCUT2D eigenvalue weighted by Gasteiger charge is -2.33. The fourth-order valence-electron chi connectivity index (χ4n) is 4.33. The summed E-state index contributed by atoms with van der Waals surface area (Å²) in [6.45, 7) is 8.68. The van der Waals surface area contributed by atoms with Crippen LogP contribution in [0.1, 0.15) is 50.9 Å². The number of nitrogens with one attached hydrogen (secondary N) is 1. The molecule has 0 spiro atoms. The highest BCUT2D eigenvalue weighted by Gasteiger charge is 2.29. The number of para-hydroxylation sites is 1. The van der Waals surface area contributed by atoms with Gasteiger partial charge < -0.3 is 19.4 Å². The summed E-state index contributed by atoms with van der Waals surface area (Å²) in [6.07, 6.45) is 1.18. The van der Waals surface area contributed by atoms with Gasteiger partial charge in [0.25, 0.3) is 5.56 Å². The minimum Gasteiger partial charge on any atom is -0.496 e. The summed E-state index contributed by atoms with van der Waals surface area (Å²) in [7, 11) is 1.63. The Morgan fingerprint density at radius 3 is 2.53 bits per heavy atom. The molecule has 32 heavy (non-hydrogen) atoms. The van der Waals surface area contributed by atoms with Crippen molar-refractivity contribution in [1.82, 2.24) is 19.5 Å². The normalized spacial score (nSPS) is 15.2. The summed E-state index contributed by atoms with van der Waals surface area (Å²) in [5, 5.41) is 4.77. The third kappa shape index (κ3) is 4.22. The van der Waals surface area contributed by atoms with Crippen molar-refractivity contribution < 1.29 is 14.3 Å². The fraction of sp³-hybridized carbons (Fsp3) is 0.458. The smallest absolute Gasteiger partial charge is 0.410 e. The van der Waals surface area contributed by atoms with Crippen LogP contribution in [0.15, 0.2) is 35.1 Å². The van der Waals surface area contributed by atoms with E-state index < -0.39 is 5.60 Å². The van der Waals surface area contributed by atoms with E-state index in [9.17, 15) is 9.59 Å². The number of amides is 1. The predicted molar refractivity (Wildman–Crippen MR) is 122 cm³/mol. The van der Waals surface area contributed by atoms with Gasteiger partial charge in [-0.3, -0.25) is 4.79 Å². The maximum absolute atomic E-state index is 12.6. The zero-order valence-corrected chi connectivity index (χ0v) is 19.3. The summed E-state index contributed by atoms with van der Waals surface area (Å²) in [5.41, 5.74) is 3.37. The number of methoxy groups -OCH3 is 1. The monoisotopic (exact) mass is 438 g/mol. The molecule has 1 fully saturated rings. The lowest BCUT2D eigenvalue weighted by Crippen LogP contribution is -2.41. The van der Waals surface area contributed by atoms with E-state index >= 15 is 0 Å². The van der Waals surface area contributed by atoms with Crippen LogP contribution < -0.4 is 10.3 Å². The Kier molecular flexibility index (Phi) is 5.71. The number of piperidine rings is 1. The number of fused-ring (bicyclic) bond motifs is 1. The van der Waals surface area contributed by atoms with Crippen molar-refractivity contribution in [2.45, 2.75) is 52.1 Å². The molecule has 8 nitrogen and oxygen atoms in total. The first-order valence-corrected chi connectivity index (χ1v) is 10.9. The number of hydrogen-bond donors (Lipinski definition) is 1. The highest BCUT2D eigenvalue weighted by Crippen LogP contribution is 2.36. The highest BCUT2D eigenvalue weighted by atomic mass is 16.6. The Bertz CT molecular complexity index is 1200. The van der Waals surface area contributed by atoms with Crippen molar-refractivity contribution in [3.63, 3.8) is 0 Å². The lowest BCUT2D eigenvalue weighted by molar-refractivity contribution is 0.0203. The van der Waals surface area contributed by atoms with Crippen LogP contribution >= 0.6 is 0 Å². The maximum atomic E-state index is 12.6. The van der Waals surface area contributed by atoms with Gasteiger partial charge in [0.15, 0.2) is 0 Å². The number of ether oxygens (including phenoxy) is 2. The summed E-state index contributed by atoms with van der Waals surface area (Å²) >= 11 is 0. The number of aromatic nitrogens is 3. The molecule has 0 unspecified atom stereocenters. The quantitative estimate of drug-likeness (QED) is 0.664. The summed E-state index contributed by atoms with van der Waals surface area (Å²) in [6, 6.07) is 9.34. The first-order valence-electron chi connectivity index (χ1n) is 10.9. The van der Waals surface area contributed by atoms with E-state index in [1.807, 2.05) is 56.5 Å². The van der Waals surface area contributed by atoms with E-state index in [0.29, 0.717) is 18.7 Å². The molecule has 0 radical (unpaired) electrons. The van der Waals surface area contributed by atoms with Crippen molar-refractivity contribution in [3.05, 3.63) is 52.1 Å². The number of rotatable bonds is 3. The highest BCUT2D eigenvalue weighted by molar-refractivity contribution is 5.83. The fourth-order valence-corrected chi connectivity index (χ4v) is 4.33. The van der Waals surface area contributed by atoms with Gasteiger partial charge in [0.1, 0.15) is 17.0 Å². The molecule has 2 aromatic heterocycles. The van der Waals surface area contributed by atoms with Gasteiger partial charge >= 0.3 is 6.09 Å². The molecule has 0 atom stereocenters. The van der Waals surface area contributed by atoms with Gasteiger partial charge in [-0.15, -0.1) is 0 Å². The van der Waals surface area contributed by atoms with Crippen molar-refractivity contribution in [1.29, 1.82) is 0 Å². The van der Waals surface area contributed by atoms with Crippen LogP contribution in [0, 0.1) is 6.92 Å². The number of aryl methyl sites for hydroxylation is 1. The number of aromatic amines is 1. The van der Waals surface area contributed by atoms with Gasteiger partial charge in [-0.05, 0) is 46.6 Å². The predicted octanol–water partition coefficient (Wildman–Crippen LogP) is 4.12. The van der Waals surface area contributed by atoms with Crippen LogP contribution in [-0.2, 0) is 4.74 Å². The third-order valence-corrected chi connectivity index (χ3v) is 5.77. The Hall–Kier alpha value is -3.29. The Morgan fingerprint density at radius 2 is 1.88 bits per heavy atom. The molecule has 1 saturated heterocycles. The Morgan fingerprint density at radius 1 is 1.19 bits per heavy atom. The summed E-state index contributed by atoms with van der Waals surface area (Å²) in [4.78, 5) is 29.7. The van der Waals surface area contributed by atoms with Gasteiger partial charge in [0, 0.05) is 30.6 Å². The summed E-state index contributed by atoms with van der Waals surface area (Å²) < 4.78 is 12.9. The number of nitrogens with zero attached hydrogens (tertiary/aromatic N) is 3. The average molecular weight is 439 g/mol. The van der Waals surface area contributed by atoms with E-state index in [1.54, 1.807) is 18.1 Å². The van der Waals surface area contributed by atoms with E-state index in [0.717, 1.165) is 41.1 Å². The standard InChI is InChI=1S/C24H30N4O4/c1-15-21(17-8-6-7-9-19(17)31-5)22-25-20(29)14-18(28(22)26-15)16-10-12-27(13-11-16)23(30)32-24(2,3)4/h6-9,14,16H,10-13H2,1-5H3,(H,25,29).